The second kappa shape index (κ2) is 6.07. The van der Waals surface area contributed by atoms with Crippen LogP contribution in [0.3, 0.4) is 0 Å². The van der Waals surface area contributed by atoms with E-state index in [1.807, 2.05) is 0 Å². The molecule has 1 saturated heterocycles. The molecule has 3 heteroatoms. The summed E-state index contributed by atoms with van der Waals surface area (Å²) in [6.07, 6.45) is 1.24. The van der Waals surface area contributed by atoms with Gasteiger partial charge in [0.25, 0.3) is 0 Å². The zero-order valence-electron chi connectivity index (χ0n) is 11.5. The summed E-state index contributed by atoms with van der Waals surface area (Å²) in [5.74, 6) is 0.738. The molecule has 0 aromatic heterocycles. The molecule has 100 valence electrons. The minimum Gasteiger partial charge on any atom is -0.369 e. The summed E-state index contributed by atoms with van der Waals surface area (Å²) in [4.78, 5) is 2.50. The van der Waals surface area contributed by atoms with Crippen molar-refractivity contribution >= 4 is 21.6 Å². The number of hydrogen-bond acceptors (Lipinski definition) is 2. The maximum Gasteiger partial charge on any atom is 0.0378 e. The lowest BCUT2D eigenvalue weighted by Gasteiger charge is -2.38. The van der Waals surface area contributed by atoms with E-state index in [2.05, 4.69) is 65.1 Å². The van der Waals surface area contributed by atoms with Gasteiger partial charge in [-0.2, -0.15) is 0 Å². The molecule has 1 fully saturated rings. The van der Waals surface area contributed by atoms with Gasteiger partial charge in [-0.05, 0) is 30.5 Å². The van der Waals surface area contributed by atoms with Crippen molar-refractivity contribution in [1.82, 2.24) is 5.32 Å². The summed E-state index contributed by atoms with van der Waals surface area (Å²) in [5, 5.41) is 3.64. The number of rotatable bonds is 3. The molecule has 1 aromatic carbocycles. The Morgan fingerprint density at radius 2 is 2.28 bits per heavy atom. The van der Waals surface area contributed by atoms with Gasteiger partial charge in [0.15, 0.2) is 0 Å². The van der Waals surface area contributed by atoms with Crippen LogP contribution in [0.2, 0.25) is 0 Å². The molecule has 1 aromatic rings. The van der Waals surface area contributed by atoms with Crippen molar-refractivity contribution in [2.24, 2.45) is 5.92 Å². The predicted octanol–water partition coefficient (Wildman–Crippen LogP) is 3.58. The van der Waals surface area contributed by atoms with Crippen LogP contribution in [0, 0.1) is 12.8 Å². The van der Waals surface area contributed by atoms with Crippen LogP contribution in [0.5, 0.6) is 0 Å². The molecular weight excluding hydrogens is 288 g/mol. The lowest BCUT2D eigenvalue weighted by molar-refractivity contribution is 0.342. The first kappa shape index (κ1) is 13.9. The molecule has 0 aliphatic carbocycles. The van der Waals surface area contributed by atoms with E-state index in [1.54, 1.807) is 0 Å². The van der Waals surface area contributed by atoms with Crippen LogP contribution >= 0.6 is 15.9 Å². The molecule has 1 aliphatic rings. The van der Waals surface area contributed by atoms with Gasteiger partial charge in [0.05, 0.1) is 0 Å². The normalized spacial score (nSPS) is 22.0. The highest BCUT2D eigenvalue weighted by molar-refractivity contribution is 9.10. The van der Waals surface area contributed by atoms with Gasteiger partial charge in [0, 0.05) is 35.8 Å². The van der Waals surface area contributed by atoms with Gasteiger partial charge in [0.1, 0.15) is 0 Å². The molecule has 18 heavy (non-hydrogen) atoms. The fourth-order valence-corrected chi connectivity index (χ4v) is 2.82. The van der Waals surface area contributed by atoms with E-state index in [1.165, 1.54) is 22.1 Å². The second-order valence-electron chi connectivity index (χ2n) is 5.33. The average molecular weight is 311 g/mol. The fourth-order valence-electron chi connectivity index (χ4n) is 2.46. The lowest BCUT2D eigenvalue weighted by atomic mass is 9.97. The molecule has 0 radical (unpaired) electrons. The average Bonchev–Trinajstić information content (AvgIpc) is 2.41. The SMILES string of the molecule is CCC(C)C1CN(c2ccc(C)c(Br)c2)CCN1. The number of anilines is 1. The summed E-state index contributed by atoms with van der Waals surface area (Å²) in [7, 11) is 0. The molecule has 1 N–H and O–H groups in total. The molecule has 2 unspecified atom stereocenters. The van der Waals surface area contributed by atoms with Crippen LogP contribution in [-0.2, 0) is 0 Å². The van der Waals surface area contributed by atoms with Crippen LogP contribution in [0.4, 0.5) is 5.69 Å². The summed E-state index contributed by atoms with van der Waals surface area (Å²) < 4.78 is 1.21. The van der Waals surface area contributed by atoms with Gasteiger partial charge >= 0.3 is 0 Å². The first-order valence-corrected chi connectivity index (χ1v) is 7.65. The van der Waals surface area contributed by atoms with E-state index in [0.717, 1.165) is 25.6 Å². The molecule has 1 aliphatic heterocycles. The largest absolute Gasteiger partial charge is 0.369 e. The highest BCUT2D eigenvalue weighted by Gasteiger charge is 2.23. The van der Waals surface area contributed by atoms with Crippen molar-refractivity contribution < 1.29 is 0 Å². The summed E-state index contributed by atoms with van der Waals surface area (Å²) >= 11 is 3.63. The first-order valence-electron chi connectivity index (χ1n) is 6.86. The number of hydrogen-bond donors (Lipinski definition) is 1. The fraction of sp³-hybridized carbons (Fsp3) is 0.600. The molecule has 0 spiro atoms. The van der Waals surface area contributed by atoms with Crippen LogP contribution in [0.1, 0.15) is 25.8 Å². The van der Waals surface area contributed by atoms with Crippen molar-refractivity contribution in [3.05, 3.63) is 28.2 Å². The zero-order chi connectivity index (χ0) is 13.1. The maximum atomic E-state index is 3.64. The summed E-state index contributed by atoms with van der Waals surface area (Å²) in [6.45, 7) is 10.0. The monoisotopic (exact) mass is 310 g/mol. The van der Waals surface area contributed by atoms with E-state index in [0.29, 0.717) is 6.04 Å². The van der Waals surface area contributed by atoms with E-state index in [4.69, 9.17) is 0 Å². The first-order chi connectivity index (χ1) is 8.61. The zero-order valence-corrected chi connectivity index (χ0v) is 13.1. The maximum absolute atomic E-state index is 3.64. The van der Waals surface area contributed by atoms with Gasteiger partial charge in [-0.15, -0.1) is 0 Å². The quantitative estimate of drug-likeness (QED) is 0.918. The van der Waals surface area contributed by atoms with E-state index >= 15 is 0 Å². The van der Waals surface area contributed by atoms with Crippen molar-refractivity contribution in [2.45, 2.75) is 33.2 Å². The van der Waals surface area contributed by atoms with Crippen LogP contribution in [0.25, 0.3) is 0 Å². The molecule has 0 bridgehead atoms. The highest BCUT2D eigenvalue weighted by Crippen LogP contribution is 2.25. The number of nitrogens with zero attached hydrogens (tertiary/aromatic N) is 1. The Morgan fingerprint density at radius 3 is 2.94 bits per heavy atom. The van der Waals surface area contributed by atoms with Crippen molar-refractivity contribution in [3.8, 4) is 0 Å². The summed E-state index contributed by atoms with van der Waals surface area (Å²) in [5.41, 5.74) is 2.63. The number of halogens is 1. The smallest absolute Gasteiger partial charge is 0.0378 e. The van der Waals surface area contributed by atoms with Crippen molar-refractivity contribution in [2.75, 3.05) is 24.5 Å². The van der Waals surface area contributed by atoms with Crippen molar-refractivity contribution in [1.29, 1.82) is 0 Å². The molecular formula is C15H23BrN2. The predicted molar refractivity (Wildman–Crippen MR) is 82.3 cm³/mol. The minimum absolute atomic E-state index is 0.615. The number of benzene rings is 1. The van der Waals surface area contributed by atoms with Crippen LogP contribution in [-0.4, -0.2) is 25.7 Å². The summed E-state index contributed by atoms with van der Waals surface area (Å²) in [6, 6.07) is 7.29. The third-order valence-corrected chi connectivity index (χ3v) is 4.91. The van der Waals surface area contributed by atoms with Gasteiger partial charge < -0.3 is 10.2 Å². The third kappa shape index (κ3) is 3.07. The Labute approximate surface area is 119 Å². The van der Waals surface area contributed by atoms with Gasteiger partial charge in [-0.25, -0.2) is 0 Å². The van der Waals surface area contributed by atoms with Gasteiger partial charge in [0.2, 0.25) is 0 Å². The second-order valence-corrected chi connectivity index (χ2v) is 6.18. The number of aryl methyl sites for hydroxylation is 1. The molecule has 2 nitrogen and oxygen atoms in total. The van der Waals surface area contributed by atoms with E-state index < -0.39 is 0 Å². The third-order valence-electron chi connectivity index (χ3n) is 4.06. The van der Waals surface area contributed by atoms with E-state index in [-0.39, 0.29) is 0 Å². The van der Waals surface area contributed by atoms with E-state index in [9.17, 15) is 0 Å². The van der Waals surface area contributed by atoms with Crippen molar-refractivity contribution in [3.63, 3.8) is 0 Å². The topological polar surface area (TPSA) is 15.3 Å². The standard InChI is InChI=1S/C15H23BrN2/c1-4-11(2)15-10-18(8-7-17-15)13-6-5-12(3)14(16)9-13/h5-6,9,11,15,17H,4,7-8,10H2,1-3H3. The molecule has 1 heterocycles. The Kier molecular flexibility index (Phi) is 4.68. The number of piperazine rings is 1. The molecule has 0 amide bonds. The van der Waals surface area contributed by atoms with Gasteiger partial charge in [-0.1, -0.05) is 42.3 Å². The molecule has 2 atom stereocenters. The Hall–Kier alpha value is -0.540. The lowest BCUT2D eigenvalue weighted by Crippen LogP contribution is -2.53. The molecule has 0 saturated carbocycles. The number of nitrogens with one attached hydrogen (secondary N) is 1. The van der Waals surface area contributed by atoms with Crippen LogP contribution in [0.15, 0.2) is 22.7 Å². The van der Waals surface area contributed by atoms with Gasteiger partial charge in [-0.3, -0.25) is 0 Å². The Morgan fingerprint density at radius 1 is 1.50 bits per heavy atom. The minimum atomic E-state index is 0.615. The highest BCUT2D eigenvalue weighted by atomic mass is 79.9. The van der Waals surface area contributed by atoms with Crippen LogP contribution < -0.4 is 10.2 Å². The molecule has 2 rings (SSSR count). The Balaban J connectivity index is 2.10. The Bertz CT molecular complexity index is 405.